The van der Waals surface area contributed by atoms with E-state index in [1.165, 1.54) is 0 Å². The number of carbonyl (C=O) groups is 2. The van der Waals surface area contributed by atoms with Crippen LogP contribution in [-0.2, 0) is 15.0 Å². The molecule has 1 N–H and O–H groups in total. The Labute approximate surface area is 202 Å². The normalized spacial score (nSPS) is 17.9. The standard InChI is InChI=1S/C28H34N2O4/c1-7-18-34-22-14-10-20(11-15-22)25(31)23-24(19-8-12-21(13-9-19)28(2,3)4)30(17-16-29(5)6)27(33)26(23)32/h7-15,24,31H,1,16-18H2,2-6H3/t24-/m0/s1. The minimum Gasteiger partial charge on any atom is -0.507 e. The quantitative estimate of drug-likeness (QED) is 0.270. The van der Waals surface area contributed by atoms with Crippen LogP contribution in [0.25, 0.3) is 5.76 Å². The van der Waals surface area contributed by atoms with Gasteiger partial charge in [0.25, 0.3) is 11.7 Å². The summed E-state index contributed by atoms with van der Waals surface area (Å²) < 4.78 is 5.50. The minimum absolute atomic E-state index is 0.0271. The van der Waals surface area contributed by atoms with E-state index in [0.29, 0.717) is 31.0 Å². The zero-order valence-corrected chi connectivity index (χ0v) is 20.7. The zero-order valence-electron chi connectivity index (χ0n) is 20.7. The van der Waals surface area contributed by atoms with Crippen molar-refractivity contribution in [2.24, 2.45) is 0 Å². The Bertz CT molecular complexity index is 1080. The summed E-state index contributed by atoms with van der Waals surface area (Å²) in [6.07, 6.45) is 1.65. The van der Waals surface area contributed by atoms with Crippen molar-refractivity contribution < 1.29 is 19.4 Å². The zero-order chi connectivity index (χ0) is 25.0. The van der Waals surface area contributed by atoms with E-state index in [9.17, 15) is 14.7 Å². The molecule has 0 spiro atoms. The molecule has 1 atom stereocenters. The summed E-state index contributed by atoms with van der Waals surface area (Å²) in [5, 5.41) is 11.2. The fourth-order valence-electron chi connectivity index (χ4n) is 3.95. The number of benzene rings is 2. The predicted octanol–water partition coefficient (Wildman–Crippen LogP) is 4.53. The largest absolute Gasteiger partial charge is 0.507 e. The number of aliphatic hydroxyl groups is 1. The molecule has 0 radical (unpaired) electrons. The third-order valence-corrected chi connectivity index (χ3v) is 5.92. The molecule has 180 valence electrons. The van der Waals surface area contributed by atoms with E-state index in [2.05, 4.69) is 27.4 Å². The molecule has 1 amide bonds. The van der Waals surface area contributed by atoms with Gasteiger partial charge in [0.05, 0.1) is 11.6 Å². The van der Waals surface area contributed by atoms with Gasteiger partial charge < -0.3 is 19.6 Å². The van der Waals surface area contributed by atoms with Crippen LogP contribution in [0.1, 0.15) is 43.5 Å². The highest BCUT2D eigenvalue weighted by Gasteiger charge is 2.45. The number of nitrogens with zero attached hydrogens (tertiary/aromatic N) is 2. The van der Waals surface area contributed by atoms with Crippen LogP contribution in [0.3, 0.4) is 0 Å². The predicted molar refractivity (Wildman–Crippen MR) is 135 cm³/mol. The summed E-state index contributed by atoms with van der Waals surface area (Å²) in [5.74, 6) is -0.838. The number of carbonyl (C=O) groups excluding carboxylic acids is 2. The lowest BCUT2D eigenvalue weighted by molar-refractivity contribution is -0.140. The SMILES string of the molecule is C=CCOc1ccc(C(O)=C2C(=O)C(=O)N(CCN(C)C)[C@H]2c2ccc(C(C)(C)C)cc2)cc1. The Morgan fingerprint density at radius 2 is 1.71 bits per heavy atom. The number of ketones is 1. The third-order valence-electron chi connectivity index (χ3n) is 5.92. The average Bonchev–Trinajstić information content (AvgIpc) is 3.05. The lowest BCUT2D eigenvalue weighted by atomic mass is 9.85. The average molecular weight is 463 g/mol. The van der Waals surface area contributed by atoms with Crippen molar-refractivity contribution in [2.45, 2.75) is 32.2 Å². The van der Waals surface area contributed by atoms with Crippen molar-refractivity contribution in [2.75, 3.05) is 33.8 Å². The van der Waals surface area contributed by atoms with Gasteiger partial charge in [-0.1, -0.05) is 57.7 Å². The van der Waals surface area contributed by atoms with Crippen molar-refractivity contribution in [1.29, 1.82) is 0 Å². The molecule has 1 saturated heterocycles. The number of Topliss-reactive ketones (excluding diaryl/α,β-unsaturated/α-hetero) is 1. The second-order valence-corrected chi connectivity index (χ2v) is 9.79. The first-order valence-electron chi connectivity index (χ1n) is 11.4. The molecule has 1 aliphatic rings. The number of hydrogen-bond acceptors (Lipinski definition) is 5. The van der Waals surface area contributed by atoms with Gasteiger partial charge in [0.15, 0.2) is 0 Å². The smallest absolute Gasteiger partial charge is 0.295 e. The number of amides is 1. The Balaban J connectivity index is 2.07. The van der Waals surface area contributed by atoms with Crippen LogP contribution in [0.5, 0.6) is 5.75 Å². The molecule has 1 heterocycles. The van der Waals surface area contributed by atoms with Crippen molar-refractivity contribution in [1.82, 2.24) is 9.80 Å². The molecule has 1 fully saturated rings. The third kappa shape index (κ3) is 5.39. The first kappa shape index (κ1) is 25.2. The van der Waals surface area contributed by atoms with Gasteiger partial charge in [-0.25, -0.2) is 0 Å². The van der Waals surface area contributed by atoms with Gasteiger partial charge in [0.1, 0.15) is 18.1 Å². The van der Waals surface area contributed by atoms with Gasteiger partial charge in [-0.2, -0.15) is 0 Å². The van der Waals surface area contributed by atoms with E-state index < -0.39 is 17.7 Å². The summed E-state index contributed by atoms with van der Waals surface area (Å²) in [7, 11) is 3.83. The molecule has 2 aromatic rings. The Morgan fingerprint density at radius 3 is 2.24 bits per heavy atom. The van der Waals surface area contributed by atoms with E-state index in [0.717, 1.165) is 11.1 Å². The molecule has 0 unspecified atom stereocenters. The molecule has 0 saturated carbocycles. The van der Waals surface area contributed by atoms with E-state index in [1.807, 2.05) is 43.3 Å². The van der Waals surface area contributed by atoms with Gasteiger partial charge in [-0.15, -0.1) is 0 Å². The maximum Gasteiger partial charge on any atom is 0.295 e. The van der Waals surface area contributed by atoms with Gasteiger partial charge >= 0.3 is 0 Å². The maximum absolute atomic E-state index is 13.1. The highest BCUT2D eigenvalue weighted by Crippen LogP contribution is 2.40. The lowest BCUT2D eigenvalue weighted by Crippen LogP contribution is -2.35. The fraction of sp³-hybridized carbons (Fsp3) is 0.357. The Kier molecular flexibility index (Phi) is 7.62. The van der Waals surface area contributed by atoms with E-state index in [1.54, 1.807) is 35.2 Å². The summed E-state index contributed by atoms with van der Waals surface area (Å²) in [6.45, 7) is 11.4. The Morgan fingerprint density at radius 1 is 1.09 bits per heavy atom. The summed E-state index contributed by atoms with van der Waals surface area (Å²) in [6, 6.07) is 14.1. The molecule has 2 aromatic carbocycles. The van der Waals surface area contributed by atoms with Crippen molar-refractivity contribution >= 4 is 17.4 Å². The second-order valence-electron chi connectivity index (χ2n) is 9.79. The van der Waals surface area contributed by atoms with Gasteiger partial charge in [-0.05, 0) is 54.9 Å². The van der Waals surface area contributed by atoms with Crippen LogP contribution in [0.2, 0.25) is 0 Å². The van der Waals surface area contributed by atoms with Crippen LogP contribution in [-0.4, -0.2) is 60.4 Å². The molecule has 0 aliphatic carbocycles. The number of aliphatic hydroxyl groups excluding tert-OH is 1. The minimum atomic E-state index is -0.673. The number of likely N-dealkylation sites (N-methyl/N-ethyl adjacent to an activating group) is 1. The second kappa shape index (κ2) is 10.3. The molecular weight excluding hydrogens is 428 g/mol. The van der Waals surface area contributed by atoms with Crippen LogP contribution in [0.15, 0.2) is 66.8 Å². The van der Waals surface area contributed by atoms with Crippen LogP contribution in [0, 0.1) is 0 Å². The van der Waals surface area contributed by atoms with Crippen LogP contribution < -0.4 is 4.74 Å². The molecule has 6 nitrogen and oxygen atoms in total. The fourth-order valence-corrected chi connectivity index (χ4v) is 3.95. The lowest BCUT2D eigenvalue weighted by Gasteiger charge is -2.27. The highest BCUT2D eigenvalue weighted by atomic mass is 16.5. The molecular formula is C28H34N2O4. The van der Waals surface area contributed by atoms with Gasteiger partial charge in [0.2, 0.25) is 0 Å². The van der Waals surface area contributed by atoms with Crippen molar-refractivity contribution in [3.63, 3.8) is 0 Å². The number of likely N-dealkylation sites (tertiary alicyclic amines) is 1. The van der Waals surface area contributed by atoms with Crippen LogP contribution in [0.4, 0.5) is 0 Å². The topological polar surface area (TPSA) is 70.1 Å². The molecule has 1 aliphatic heterocycles. The maximum atomic E-state index is 13.1. The molecule has 3 rings (SSSR count). The first-order valence-corrected chi connectivity index (χ1v) is 11.4. The number of ether oxygens (including phenoxy) is 1. The van der Waals surface area contributed by atoms with Crippen molar-refractivity contribution in [3.8, 4) is 5.75 Å². The summed E-state index contributed by atoms with van der Waals surface area (Å²) in [5.41, 5.74) is 2.47. The molecule has 6 heteroatoms. The monoisotopic (exact) mass is 462 g/mol. The van der Waals surface area contributed by atoms with Gasteiger partial charge in [0, 0.05) is 18.7 Å². The van der Waals surface area contributed by atoms with E-state index >= 15 is 0 Å². The molecule has 0 bridgehead atoms. The summed E-state index contributed by atoms with van der Waals surface area (Å²) >= 11 is 0. The highest BCUT2D eigenvalue weighted by molar-refractivity contribution is 6.46. The van der Waals surface area contributed by atoms with Crippen molar-refractivity contribution in [3.05, 3.63) is 83.4 Å². The van der Waals surface area contributed by atoms with E-state index in [-0.39, 0.29) is 16.7 Å². The molecule has 0 aromatic heterocycles. The van der Waals surface area contributed by atoms with E-state index in [4.69, 9.17) is 4.74 Å². The first-order chi connectivity index (χ1) is 16.0. The Hall–Kier alpha value is -3.38. The van der Waals surface area contributed by atoms with Gasteiger partial charge in [-0.3, -0.25) is 9.59 Å². The van der Waals surface area contributed by atoms with Crippen LogP contribution >= 0.6 is 0 Å². The number of rotatable bonds is 8. The number of hydrogen-bond donors (Lipinski definition) is 1. The summed E-state index contributed by atoms with van der Waals surface area (Å²) in [4.78, 5) is 29.7. The molecule has 34 heavy (non-hydrogen) atoms.